The lowest BCUT2D eigenvalue weighted by atomic mass is 10.0. The average Bonchev–Trinajstić information content (AvgIpc) is 2.82. The van der Waals surface area contributed by atoms with Crippen LogP contribution in [-0.2, 0) is 11.3 Å². The molecule has 0 spiro atoms. The molecule has 0 bridgehead atoms. The predicted molar refractivity (Wildman–Crippen MR) is 73.7 cm³/mol. The summed E-state index contributed by atoms with van der Waals surface area (Å²) in [6, 6.07) is 4.14. The molecule has 0 radical (unpaired) electrons. The van der Waals surface area contributed by atoms with E-state index in [0.29, 0.717) is 0 Å². The van der Waals surface area contributed by atoms with Crippen molar-refractivity contribution in [2.75, 3.05) is 13.6 Å². The monoisotopic (exact) mass is 274 g/mol. The molecule has 0 unspecified atom stereocenters. The Balaban J connectivity index is 0.00000144. The van der Waals surface area contributed by atoms with E-state index in [-0.39, 0.29) is 24.4 Å². The van der Waals surface area contributed by atoms with Gasteiger partial charge in [0.1, 0.15) is 0 Å². The maximum absolute atomic E-state index is 12.1. The average molecular weight is 275 g/mol. The van der Waals surface area contributed by atoms with Crippen LogP contribution in [0.15, 0.2) is 17.5 Å². The Labute approximate surface area is 113 Å². The minimum Gasteiger partial charge on any atom is -0.339 e. The molecule has 1 aromatic heterocycles. The summed E-state index contributed by atoms with van der Waals surface area (Å²) >= 11 is 1.70. The van der Waals surface area contributed by atoms with Crippen molar-refractivity contribution in [3.05, 3.63) is 22.4 Å². The van der Waals surface area contributed by atoms with Gasteiger partial charge >= 0.3 is 0 Å². The summed E-state index contributed by atoms with van der Waals surface area (Å²) in [4.78, 5) is 15.2. The van der Waals surface area contributed by atoms with E-state index in [0.717, 1.165) is 25.9 Å². The van der Waals surface area contributed by atoms with Crippen molar-refractivity contribution in [1.82, 2.24) is 10.2 Å². The van der Waals surface area contributed by atoms with Gasteiger partial charge in [0.25, 0.3) is 0 Å². The van der Waals surface area contributed by atoms with Crippen LogP contribution in [0.25, 0.3) is 0 Å². The van der Waals surface area contributed by atoms with Crippen LogP contribution in [0.2, 0.25) is 0 Å². The number of halogens is 1. The number of rotatable bonds is 3. The fourth-order valence-corrected chi connectivity index (χ4v) is 2.80. The summed E-state index contributed by atoms with van der Waals surface area (Å²) in [5.74, 6) is 0.230. The molecule has 1 amide bonds. The fraction of sp³-hybridized carbons (Fsp3) is 0.583. The first-order chi connectivity index (χ1) is 7.77. The molecule has 96 valence electrons. The summed E-state index contributed by atoms with van der Waals surface area (Å²) in [6.07, 6.45) is 3.34. The SMILES string of the molecule is CN(Cc1cccs1)C(=O)[C@@H]1CCCCN1.Cl. The first-order valence-corrected chi connectivity index (χ1v) is 6.66. The Morgan fingerprint density at radius 2 is 2.41 bits per heavy atom. The van der Waals surface area contributed by atoms with E-state index in [9.17, 15) is 4.79 Å². The van der Waals surface area contributed by atoms with Crippen LogP contribution in [0.5, 0.6) is 0 Å². The molecule has 17 heavy (non-hydrogen) atoms. The molecular formula is C12H19ClN2OS. The van der Waals surface area contributed by atoms with Gasteiger partial charge in [-0.2, -0.15) is 0 Å². The van der Waals surface area contributed by atoms with E-state index >= 15 is 0 Å². The number of hydrogen-bond donors (Lipinski definition) is 1. The van der Waals surface area contributed by atoms with Gasteiger partial charge in [0.05, 0.1) is 12.6 Å². The second-order valence-electron chi connectivity index (χ2n) is 4.28. The van der Waals surface area contributed by atoms with Crippen LogP contribution in [0.4, 0.5) is 0 Å². The highest BCUT2D eigenvalue weighted by Crippen LogP contribution is 2.14. The van der Waals surface area contributed by atoms with Crippen molar-refractivity contribution in [3.8, 4) is 0 Å². The highest BCUT2D eigenvalue weighted by molar-refractivity contribution is 7.09. The van der Waals surface area contributed by atoms with Crippen LogP contribution >= 0.6 is 23.7 Å². The molecule has 2 heterocycles. The zero-order valence-electron chi connectivity index (χ0n) is 10.0. The van der Waals surface area contributed by atoms with Gasteiger partial charge in [-0.1, -0.05) is 12.5 Å². The minimum atomic E-state index is 0. The molecule has 1 fully saturated rings. The zero-order chi connectivity index (χ0) is 11.4. The van der Waals surface area contributed by atoms with Crippen molar-refractivity contribution in [3.63, 3.8) is 0 Å². The summed E-state index contributed by atoms with van der Waals surface area (Å²) in [6.45, 7) is 1.71. The third-order valence-corrected chi connectivity index (χ3v) is 3.82. The van der Waals surface area contributed by atoms with Gasteiger partial charge in [0, 0.05) is 11.9 Å². The number of thiophene rings is 1. The Bertz CT molecular complexity index is 336. The second-order valence-corrected chi connectivity index (χ2v) is 5.31. The highest BCUT2D eigenvalue weighted by Gasteiger charge is 2.23. The lowest BCUT2D eigenvalue weighted by Gasteiger charge is -2.27. The largest absolute Gasteiger partial charge is 0.339 e. The number of nitrogens with zero attached hydrogens (tertiary/aromatic N) is 1. The van der Waals surface area contributed by atoms with Gasteiger partial charge in [0.15, 0.2) is 0 Å². The van der Waals surface area contributed by atoms with Gasteiger partial charge in [-0.3, -0.25) is 4.79 Å². The van der Waals surface area contributed by atoms with E-state index in [2.05, 4.69) is 11.4 Å². The van der Waals surface area contributed by atoms with E-state index in [4.69, 9.17) is 0 Å². The van der Waals surface area contributed by atoms with E-state index in [1.807, 2.05) is 23.4 Å². The second kappa shape index (κ2) is 6.99. The van der Waals surface area contributed by atoms with Gasteiger partial charge in [-0.25, -0.2) is 0 Å². The van der Waals surface area contributed by atoms with Crippen molar-refractivity contribution in [2.24, 2.45) is 0 Å². The summed E-state index contributed by atoms with van der Waals surface area (Å²) in [5.41, 5.74) is 0. The third kappa shape index (κ3) is 3.98. The molecule has 1 N–H and O–H groups in total. The van der Waals surface area contributed by atoms with Crippen molar-refractivity contribution >= 4 is 29.7 Å². The van der Waals surface area contributed by atoms with Crippen LogP contribution in [-0.4, -0.2) is 30.4 Å². The molecule has 0 aromatic carbocycles. The number of nitrogens with one attached hydrogen (secondary N) is 1. The van der Waals surface area contributed by atoms with Crippen LogP contribution in [0, 0.1) is 0 Å². The quantitative estimate of drug-likeness (QED) is 0.917. The standard InChI is InChI=1S/C12H18N2OS.ClH/c1-14(9-10-5-4-8-16-10)12(15)11-6-2-3-7-13-11;/h4-5,8,11,13H,2-3,6-7,9H2,1H3;1H/t11-;/m0./s1. The third-order valence-electron chi connectivity index (χ3n) is 2.96. The van der Waals surface area contributed by atoms with Gasteiger partial charge in [-0.15, -0.1) is 23.7 Å². The topological polar surface area (TPSA) is 32.3 Å². The number of piperidine rings is 1. The van der Waals surface area contributed by atoms with Crippen LogP contribution in [0.3, 0.4) is 0 Å². The lowest BCUT2D eigenvalue weighted by molar-refractivity contribution is -0.133. The maximum Gasteiger partial charge on any atom is 0.239 e. The predicted octanol–water partition coefficient (Wildman–Crippen LogP) is 2.27. The van der Waals surface area contributed by atoms with Crippen LogP contribution < -0.4 is 5.32 Å². The van der Waals surface area contributed by atoms with E-state index < -0.39 is 0 Å². The molecule has 0 saturated carbocycles. The smallest absolute Gasteiger partial charge is 0.239 e. The van der Waals surface area contributed by atoms with Gasteiger partial charge in [-0.05, 0) is 30.8 Å². The summed E-state index contributed by atoms with van der Waals surface area (Å²) < 4.78 is 0. The zero-order valence-corrected chi connectivity index (χ0v) is 11.6. The highest BCUT2D eigenvalue weighted by atomic mass is 35.5. The molecule has 1 aliphatic rings. The van der Waals surface area contributed by atoms with Crippen LogP contribution in [0.1, 0.15) is 24.1 Å². The number of amides is 1. The Kier molecular flexibility index (Phi) is 5.95. The molecule has 0 aliphatic carbocycles. The first kappa shape index (κ1) is 14.5. The molecule has 1 atom stereocenters. The van der Waals surface area contributed by atoms with E-state index in [1.165, 1.54) is 11.3 Å². The number of carbonyl (C=O) groups excluding carboxylic acids is 1. The lowest BCUT2D eigenvalue weighted by Crippen LogP contribution is -2.46. The maximum atomic E-state index is 12.1. The van der Waals surface area contributed by atoms with Crippen molar-refractivity contribution in [1.29, 1.82) is 0 Å². The molecule has 1 aromatic rings. The van der Waals surface area contributed by atoms with E-state index in [1.54, 1.807) is 11.3 Å². The van der Waals surface area contributed by atoms with Crippen molar-refractivity contribution < 1.29 is 4.79 Å². The molecule has 1 aliphatic heterocycles. The normalized spacial score (nSPS) is 19.5. The Morgan fingerprint density at radius 3 is 3.00 bits per heavy atom. The molecule has 5 heteroatoms. The minimum absolute atomic E-state index is 0. The Hall–Kier alpha value is -0.580. The summed E-state index contributed by atoms with van der Waals surface area (Å²) in [5, 5.41) is 5.34. The number of carbonyl (C=O) groups is 1. The fourth-order valence-electron chi connectivity index (χ4n) is 2.04. The number of likely N-dealkylation sites (N-methyl/N-ethyl adjacent to an activating group) is 1. The number of hydrogen-bond acceptors (Lipinski definition) is 3. The molecule has 2 rings (SSSR count). The first-order valence-electron chi connectivity index (χ1n) is 5.78. The Morgan fingerprint density at radius 1 is 1.59 bits per heavy atom. The van der Waals surface area contributed by atoms with Crippen molar-refractivity contribution in [2.45, 2.75) is 31.8 Å². The summed E-state index contributed by atoms with van der Waals surface area (Å²) in [7, 11) is 1.89. The van der Waals surface area contributed by atoms with Gasteiger partial charge in [0.2, 0.25) is 5.91 Å². The molecular weight excluding hydrogens is 256 g/mol. The molecule has 1 saturated heterocycles. The molecule has 3 nitrogen and oxygen atoms in total. The van der Waals surface area contributed by atoms with Gasteiger partial charge < -0.3 is 10.2 Å².